The normalized spacial score (nSPS) is 17.8. The van der Waals surface area contributed by atoms with Crippen molar-refractivity contribution in [2.75, 3.05) is 6.54 Å². The molecule has 1 fully saturated rings. The molecule has 3 atom stereocenters. The second kappa shape index (κ2) is 13.4. The van der Waals surface area contributed by atoms with Crippen molar-refractivity contribution in [1.82, 2.24) is 10.2 Å². The summed E-state index contributed by atoms with van der Waals surface area (Å²) in [7, 11) is 0. The Morgan fingerprint density at radius 1 is 1.08 bits per heavy atom. The van der Waals surface area contributed by atoms with Gasteiger partial charge in [0.2, 0.25) is 17.7 Å². The molecule has 0 saturated carbocycles. The molecule has 1 unspecified atom stereocenters. The average Bonchev–Trinajstić information content (AvgIpc) is 3.02. The fourth-order valence-corrected chi connectivity index (χ4v) is 5.23. The van der Waals surface area contributed by atoms with Crippen LogP contribution in [0.3, 0.4) is 0 Å². The fraction of sp³-hybridized carbons (Fsp3) is 0.500. The van der Waals surface area contributed by atoms with E-state index in [1.54, 1.807) is 11.0 Å². The molecule has 0 radical (unpaired) electrons. The van der Waals surface area contributed by atoms with Gasteiger partial charge in [0, 0.05) is 24.9 Å². The van der Waals surface area contributed by atoms with Crippen LogP contribution >= 0.6 is 0 Å². The second-order valence-corrected chi connectivity index (χ2v) is 10.6. The minimum absolute atomic E-state index is 0.114. The van der Waals surface area contributed by atoms with E-state index in [0.29, 0.717) is 32.4 Å². The summed E-state index contributed by atoms with van der Waals surface area (Å²) in [6, 6.07) is 13.6. The molecule has 1 aliphatic rings. The topological polar surface area (TPSA) is 92.5 Å². The van der Waals surface area contributed by atoms with Crippen molar-refractivity contribution in [3.63, 3.8) is 0 Å². The van der Waals surface area contributed by atoms with Crippen molar-refractivity contribution < 1.29 is 18.8 Å². The maximum Gasteiger partial charge on any atom is 0.245 e. The highest BCUT2D eigenvalue weighted by Gasteiger charge is 2.35. The van der Waals surface area contributed by atoms with Crippen molar-refractivity contribution in [3.05, 3.63) is 59.9 Å². The Kier molecular flexibility index (Phi) is 10.2. The van der Waals surface area contributed by atoms with Gasteiger partial charge in [-0.25, -0.2) is 4.39 Å². The molecule has 0 spiro atoms. The first-order chi connectivity index (χ1) is 17.7. The van der Waals surface area contributed by atoms with Gasteiger partial charge in [-0.2, -0.15) is 0 Å². The number of rotatable bonds is 11. The van der Waals surface area contributed by atoms with Crippen molar-refractivity contribution in [2.45, 2.75) is 71.9 Å². The zero-order valence-corrected chi connectivity index (χ0v) is 22.2. The van der Waals surface area contributed by atoms with Crippen molar-refractivity contribution in [1.29, 1.82) is 0 Å². The molecule has 6 nitrogen and oxygen atoms in total. The van der Waals surface area contributed by atoms with Gasteiger partial charge in [-0.05, 0) is 72.9 Å². The number of hydrogen-bond donors (Lipinski definition) is 2. The van der Waals surface area contributed by atoms with Gasteiger partial charge < -0.3 is 16.0 Å². The van der Waals surface area contributed by atoms with Crippen LogP contribution in [-0.4, -0.2) is 35.2 Å². The van der Waals surface area contributed by atoms with E-state index in [1.807, 2.05) is 51.1 Å². The van der Waals surface area contributed by atoms with Crippen molar-refractivity contribution in [3.8, 4) is 11.1 Å². The number of likely N-dealkylation sites (tertiary alicyclic amines) is 1. The van der Waals surface area contributed by atoms with E-state index >= 15 is 0 Å². The molecule has 2 aromatic rings. The molecule has 1 heterocycles. The molecule has 3 N–H and O–H groups in total. The maximum atomic E-state index is 13.7. The minimum atomic E-state index is -0.633. The zero-order chi connectivity index (χ0) is 26.9. The molecule has 7 heteroatoms. The number of halogens is 1. The SMILES string of the molecule is CCCC(C(N)=O)[C@@H](CC(C)C)C(=O)N[C@H]1CCCCN(Cc2cccc(-c3cccc(F)c3)c2)C1=O. The molecule has 1 aliphatic heterocycles. The number of hydrogen-bond acceptors (Lipinski definition) is 3. The largest absolute Gasteiger partial charge is 0.369 e. The van der Waals surface area contributed by atoms with Crippen LogP contribution < -0.4 is 11.1 Å². The monoisotopic (exact) mass is 509 g/mol. The highest BCUT2D eigenvalue weighted by molar-refractivity contribution is 5.91. The number of nitrogens with zero attached hydrogens (tertiary/aromatic N) is 1. The van der Waals surface area contributed by atoms with E-state index in [4.69, 9.17) is 5.73 Å². The molecule has 2 aromatic carbocycles. The average molecular weight is 510 g/mol. The molecule has 3 amide bonds. The summed E-state index contributed by atoms with van der Waals surface area (Å²) in [6.45, 7) is 7.01. The smallest absolute Gasteiger partial charge is 0.245 e. The zero-order valence-electron chi connectivity index (χ0n) is 22.2. The summed E-state index contributed by atoms with van der Waals surface area (Å²) in [6.07, 6.45) is 4.06. The predicted octanol–water partition coefficient (Wildman–Crippen LogP) is 5.05. The lowest BCUT2D eigenvalue weighted by atomic mass is 9.81. The molecule has 0 aromatic heterocycles. The number of amides is 3. The van der Waals surface area contributed by atoms with E-state index in [0.717, 1.165) is 36.0 Å². The summed E-state index contributed by atoms with van der Waals surface area (Å²) >= 11 is 0. The summed E-state index contributed by atoms with van der Waals surface area (Å²) in [5.74, 6) is -2.02. The third-order valence-corrected chi connectivity index (χ3v) is 7.07. The van der Waals surface area contributed by atoms with Gasteiger partial charge in [0.15, 0.2) is 0 Å². The molecule has 200 valence electrons. The predicted molar refractivity (Wildman–Crippen MR) is 144 cm³/mol. The number of nitrogens with two attached hydrogens (primary N) is 1. The summed E-state index contributed by atoms with van der Waals surface area (Å²) in [5, 5.41) is 2.99. The molecular weight excluding hydrogens is 469 g/mol. The van der Waals surface area contributed by atoms with Gasteiger partial charge in [0.05, 0.1) is 0 Å². The lowest BCUT2D eigenvalue weighted by molar-refractivity contribution is -0.139. The first-order valence-corrected chi connectivity index (χ1v) is 13.4. The van der Waals surface area contributed by atoms with Crippen molar-refractivity contribution in [2.24, 2.45) is 23.5 Å². The summed E-state index contributed by atoms with van der Waals surface area (Å²) in [5.41, 5.74) is 8.28. The van der Waals surface area contributed by atoms with Crippen LogP contribution in [0.4, 0.5) is 4.39 Å². The molecule has 37 heavy (non-hydrogen) atoms. The van der Waals surface area contributed by atoms with Gasteiger partial charge in [-0.3, -0.25) is 14.4 Å². The van der Waals surface area contributed by atoms with Gasteiger partial charge in [-0.1, -0.05) is 57.5 Å². The van der Waals surface area contributed by atoms with E-state index in [1.165, 1.54) is 12.1 Å². The molecular formula is C30H40FN3O3. The van der Waals surface area contributed by atoms with Gasteiger partial charge in [-0.15, -0.1) is 0 Å². The summed E-state index contributed by atoms with van der Waals surface area (Å²) in [4.78, 5) is 40.9. The van der Waals surface area contributed by atoms with Gasteiger partial charge >= 0.3 is 0 Å². The van der Waals surface area contributed by atoms with E-state index in [2.05, 4.69) is 5.32 Å². The molecule has 3 rings (SSSR count). The first kappa shape index (κ1) is 28.4. The minimum Gasteiger partial charge on any atom is -0.369 e. The summed E-state index contributed by atoms with van der Waals surface area (Å²) < 4.78 is 13.7. The molecule has 0 bridgehead atoms. The quantitative estimate of drug-likeness (QED) is 0.444. The van der Waals surface area contributed by atoms with Crippen LogP contribution in [0.5, 0.6) is 0 Å². The fourth-order valence-electron chi connectivity index (χ4n) is 5.23. The lowest BCUT2D eigenvalue weighted by Gasteiger charge is -2.29. The Labute approximate surface area is 219 Å². The Hall–Kier alpha value is -3.22. The Morgan fingerprint density at radius 2 is 1.78 bits per heavy atom. The van der Waals surface area contributed by atoms with E-state index in [-0.39, 0.29) is 23.5 Å². The highest BCUT2D eigenvalue weighted by atomic mass is 19.1. The van der Waals surface area contributed by atoms with E-state index < -0.39 is 23.8 Å². The number of benzene rings is 2. The number of carbonyl (C=O) groups is 3. The molecule has 1 saturated heterocycles. The van der Waals surface area contributed by atoms with E-state index in [9.17, 15) is 18.8 Å². The third kappa shape index (κ3) is 7.88. The number of nitrogens with one attached hydrogen (secondary N) is 1. The Bertz CT molecular complexity index is 1090. The number of carbonyl (C=O) groups excluding carboxylic acids is 3. The Balaban J connectivity index is 1.75. The standard InChI is InChI=1S/C30H40FN3O3/c1-4-9-25(28(32)35)26(16-20(2)3)29(36)33-27-14-5-6-15-34(30(27)37)19-21-10-7-11-22(17-21)23-12-8-13-24(31)18-23/h7-8,10-13,17-18,20,25-27H,4-6,9,14-16,19H2,1-3H3,(H2,32,35)(H,33,36)/t25?,26-,27+/m1/s1. The van der Waals surface area contributed by atoms with Crippen LogP contribution in [0.2, 0.25) is 0 Å². The van der Waals surface area contributed by atoms with Crippen LogP contribution in [0, 0.1) is 23.6 Å². The van der Waals surface area contributed by atoms with Crippen LogP contribution in [0.15, 0.2) is 48.5 Å². The lowest BCUT2D eigenvalue weighted by Crippen LogP contribution is -2.50. The van der Waals surface area contributed by atoms with Gasteiger partial charge in [0.1, 0.15) is 11.9 Å². The maximum absolute atomic E-state index is 13.7. The third-order valence-electron chi connectivity index (χ3n) is 7.07. The van der Waals surface area contributed by atoms with Gasteiger partial charge in [0.25, 0.3) is 0 Å². The molecule has 0 aliphatic carbocycles. The van der Waals surface area contributed by atoms with Crippen molar-refractivity contribution >= 4 is 17.7 Å². The number of primary amides is 1. The first-order valence-electron chi connectivity index (χ1n) is 13.4. The van der Waals surface area contributed by atoms with Crippen LogP contribution in [-0.2, 0) is 20.9 Å². The van der Waals surface area contributed by atoms with Crippen LogP contribution in [0.25, 0.3) is 11.1 Å². The second-order valence-electron chi connectivity index (χ2n) is 10.6. The Morgan fingerprint density at radius 3 is 2.43 bits per heavy atom. The van der Waals surface area contributed by atoms with Crippen LogP contribution in [0.1, 0.15) is 64.9 Å². The highest BCUT2D eigenvalue weighted by Crippen LogP contribution is 2.27.